The number of rotatable bonds is 6. The standard InChI is InChI=1S/C21H26N4O4/c1-22(2)15-16-5-4-6-18(13-16)23-9-11-24(12-10-23)21(26)17-7-8-20(29-3)19(14-17)25(27)28/h4-8,13-14H,9-12,15H2,1-3H3. The van der Waals surface area contributed by atoms with Crippen molar-refractivity contribution in [2.45, 2.75) is 6.54 Å². The van der Waals surface area contributed by atoms with E-state index in [1.54, 1.807) is 11.0 Å². The van der Waals surface area contributed by atoms with Crippen LogP contribution in [0.15, 0.2) is 42.5 Å². The third-order valence-electron chi connectivity index (χ3n) is 4.96. The van der Waals surface area contributed by atoms with Crippen molar-refractivity contribution in [3.8, 4) is 5.75 Å². The first-order valence-corrected chi connectivity index (χ1v) is 9.49. The van der Waals surface area contributed by atoms with Gasteiger partial charge < -0.3 is 19.4 Å². The summed E-state index contributed by atoms with van der Waals surface area (Å²) in [6.07, 6.45) is 0. The Balaban J connectivity index is 1.67. The molecule has 1 aliphatic heterocycles. The molecule has 8 nitrogen and oxygen atoms in total. The summed E-state index contributed by atoms with van der Waals surface area (Å²) >= 11 is 0. The van der Waals surface area contributed by atoms with Crippen LogP contribution in [0.4, 0.5) is 11.4 Å². The Labute approximate surface area is 170 Å². The predicted molar refractivity (Wildman–Crippen MR) is 112 cm³/mol. The number of hydrogen-bond donors (Lipinski definition) is 0. The van der Waals surface area contributed by atoms with Gasteiger partial charge >= 0.3 is 5.69 Å². The second-order valence-corrected chi connectivity index (χ2v) is 7.33. The summed E-state index contributed by atoms with van der Waals surface area (Å²) in [4.78, 5) is 29.6. The van der Waals surface area contributed by atoms with E-state index in [9.17, 15) is 14.9 Å². The van der Waals surface area contributed by atoms with Crippen molar-refractivity contribution < 1.29 is 14.5 Å². The van der Waals surface area contributed by atoms with Crippen LogP contribution in [0, 0.1) is 10.1 Å². The van der Waals surface area contributed by atoms with Gasteiger partial charge in [-0.1, -0.05) is 12.1 Å². The number of amides is 1. The Kier molecular flexibility index (Phi) is 6.33. The summed E-state index contributed by atoms with van der Waals surface area (Å²) in [6, 6.07) is 12.8. The van der Waals surface area contributed by atoms with Gasteiger partial charge in [-0.25, -0.2) is 0 Å². The van der Waals surface area contributed by atoms with E-state index < -0.39 is 4.92 Å². The van der Waals surface area contributed by atoms with E-state index in [1.807, 2.05) is 14.1 Å². The monoisotopic (exact) mass is 398 g/mol. The van der Waals surface area contributed by atoms with Gasteiger partial charge in [-0.2, -0.15) is 0 Å². The molecule has 2 aromatic rings. The minimum Gasteiger partial charge on any atom is -0.490 e. The number of nitro groups is 1. The molecule has 154 valence electrons. The Morgan fingerprint density at radius 3 is 2.48 bits per heavy atom. The molecular weight excluding hydrogens is 372 g/mol. The fourth-order valence-electron chi connectivity index (χ4n) is 3.53. The van der Waals surface area contributed by atoms with Gasteiger partial charge in [0.1, 0.15) is 0 Å². The van der Waals surface area contributed by atoms with E-state index in [0.29, 0.717) is 18.7 Å². The molecule has 0 aromatic heterocycles. The molecule has 0 saturated carbocycles. The number of methoxy groups -OCH3 is 1. The number of piperazine rings is 1. The van der Waals surface area contributed by atoms with Crippen LogP contribution in [0.3, 0.4) is 0 Å². The quantitative estimate of drug-likeness (QED) is 0.550. The maximum absolute atomic E-state index is 12.8. The zero-order chi connectivity index (χ0) is 21.0. The summed E-state index contributed by atoms with van der Waals surface area (Å²) in [5.74, 6) is -0.0502. The fraction of sp³-hybridized carbons (Fsp3) is 0.381. The number of nitrogens with zero attached hydrogens (tertiary/aromatic N) is 4. The molecule has 0 N–H and O–H groups in total. The van der Waals surface area contributed by atoms with Gasteiger partial charge in [-0.15, -0.1) is 0 Å². The van der Waals surface area contributed by atoms with E-state index in [-0.39, 0.29) is 17.3 Å². The highest BCUT2D eigenvalue weighted by Crippen LogP contribution is 2.28. The average Bonchev–Trinajstić information content (AvgIpc) is 2.72. The third-order valence-corrected chi connectivity index (χ3v) is 4.96. The molecular formula is C21H26N4O4. The molecule has 0 atom stereocenters. The molecule has 0 aliphatic carbocycles. The third kappa shape index (κ3) is 4.83. The second kappa shape index (κ2) is 8.91. The van der Waals surface area contributed by atoms with Crippen molar-refractivity contribution in [3.05, 3.63) is 63.7 Å². The normalized spacial score (nSPS) is 14.2. The van der Waals surface area contributed by atoms with Crippen LogP contribution >= 0.6 is 0 Å². The average molecular weight is 398 g/mol. The van der Waals surface area contributed by atoms with Crippen LogP contribution in [0.1, 0.15) is 15.9 Å². The molecule has 0 unspecified atom stereocenters. The molecule has 0 radical (unpaired) electrons. The van der Waals surface area contributed by atoms with Gasteiger partial charge in [0.2, 0.25) is 0 Å². The van der Waals surface area contributed by atoms with Gasteiger partial charge in [0.05, 0.1) is 12.0 Å². The highest BCUT2D eigenvalue weighted by molar-refractivity contribution is 5.95. The van der Waals surface area contributed by atoms with Gasteiger partial charge in [-0.3, -0.25) is 14.9 Å². The zero-order valence-corrected chi connectivity index (χ0v) is 17.0. The van der Waals surface area contributed by atoms with Crippen LogP contribution in [-0.4, -0.2) is 68.0 Å². The maximum Gasteiger partial charge on any atom is 0.311 e. The SMILES string of the molecule is COc1ccc(C(=O)N2CCN(c3cccc(CN(C)C)c3)CC2)cc1[N+](=O)[O-]. The van der Waals surface area contributed by atoms with Crippen molar-refractivity contribution in [3.63, 3.8) is 0 Å². The van der Waals surface area contributed by atoms with Gasteiger partial charge in [0.15, 0.2) is 5.75 Å². The molecule has 1 fully saturated rings. The lowest BCUT2D eigenvalue weighted by Gasteiger charge is -2.36. The number of benzene rings is 2. The Bertz CT molecular complexity index is 892. The molecule has 2 aromatic carbocycles. The first-order valence-electron chi connectivity index (χ1n) is 9.49. The van der Waals surface area contributed by atoms with Crippen LogP contribution in [0.25, 0.3) is 0 Å². The minimum atomic E-state index is -0.533. The van der Waals surface area contributed by atoms with Crippen molar-refractivity contribution in [1.29, 1.82) is 0 Å². The number of carbonyl (C=O) groups is 1. The molecule has 0 spiro atoms. The summed E-state index contributed by atoms with van der Waals surface area (Å²) < 4.78 is 5.01. The predicted octanol–water partition coefficient (Wildman–Crippen LogP) is 2.63. The van der Waals surface area contributed by atoms with Gasteiger partial charge in [0, 0.05) is 50.0 Å². The number of hydrogen-bond acceptors (Lipinski definition) is 6. The first kappa shape index (κ1) is 20.6. The number of ether oxygens (including phenoxy) is 1. The van der Waals surface area contributed by atoms with Crippen LogP contribution in [0.5, 0.6) is 5.75 Å². The van der Waals surface area contributed by atoms with Gasteiger partial charge in [0.25, 0.3) is 5.91 Å². The Morgan fingerprint density at radius 2 is 1.86 bits per heavy atom. The van der Waals surface area contributed by atoms with Crippen molar-refractivity contribution in [1.82, 2.24) is 9.80 Å². The van der Waals surface area contributed by atoms with E-state index in [2.05, 4.69) is 34.1 Å². The summed E-state index contributed by atoms with van der Waals surface area (Å²) in [6.45, 7) is 3.44. The zero-order valence-electron chi connectivity index (χ0n) is 17.0. The second-order valence-electron chi connectivity index (χ2n) is 7.33. The molecule has 1 heterocycles. The lowest BCUT2D eigenvalue weighted by atomic mass is 10.1. The molecule has 8 heteroatoms. The smallest absolute Gasteiger partial charge is 0.311 e. The molecule has 1 amide bonds. The lowest BCUT2D eigenvalue weighted by Crippen LogP contribution is -2.48. The first-order chi connectivity index (χ1) is 13.9. The summed E-state index contributed by atoms with van der Waals surface area (Å²) in [5.41, 5.74) is 2.50. The van der Waals surface area contributed by atoms with Crippen molar-refractivity contribution >= 4 is 17.3 Å². The van der Waals surface area contributed by atoms with E-state index in [0.717, 1.165) is 25.3 Å². The van der Waals surface area contributed by atoms with Gasteiger partial charge in [-0.05, 0) is 43.9 Å². The fourth-order valence-corrected chi connectivity index (χ4v) is 3.53. The number of anilines is 1. The van der Waals surface area contributed by atoms with Crippen molar-refractivity contribution in [2.75, 3.05) is 52.3 Å². The number of carbonyl (C=O) groups excluding carboxylic acids is 1. The lowest BCUT2D eigenvalue weighted by molar-refractivity contribution is -0.385. The van der Waals surface area contributed by atoms with E-state index in [1.165, 1.54) is 24.8 Å². The van der Waals surface area contributed by atoms with E-state index >= 15 is 0 Å². The Hall–Kier alpha value is -3.13. The molecule has 1 saturated heterocycles. The van der Waals surface area contributed by atoms with Crippen LogP contribution < -0.4 is 9.64 Å². The molecule has 0 bridgehead atoms. The summed E-state index contributed by atoms with van der Waals surface area (Å²) in [7, 11) is 5.46. The topological polar surface area (TPSA) is 79.2 Å². The van der Waals surface area contributed by atoms with E-state index in [4.69, 9.17) is 4.74 Å². The van der Waals surface area contributed by atoms with Crippen molar-refractivity contribution in [2.24, 2.45) is 0 Å². The highest BCUT2D eigenvalue weighted by atomic mass is 16.6. The Morgan fingerprint density at radius 1 is 1.14 bits per heavy atom. The molecule has 29 heavy (non-hydrogen) atoms. The maximum atomic E-state index is 12.8. The molecule has 1 aliphatic rings. The molecule has 3 rings (SSSR count). The minimum absolute atomic E-state index is 0.147. The van der Waals surface area contributed by atoms with Crippen LogP contribution in [0.2, 0.25) is 0 Å². The number of nitro benzene ring substituents is 1. The van der Waals surface area contributed by atoms with Crippen LogP contribution in [-0.2, 0) is 6.54 Å². The summed E-state index contributed by atoms with van der Waals surface area (Å²) in [5, 5.41) is 11.2. The largest absolute Gasteiger partial charge is 0.490 e. The highest BCUT2D eigenvalue weighted by Gasteiger charge is 2.25.